The minimum Gasteiger partial charge on any atom is -0.400 e. The molecule has 3 heteroatoms. The van der Waals surface area contributed by atoms with E-state index in [2.05, 4.69) is 13.8 Å². The van der Waals surface area contributed by atoms with Crippen LogP contribution in [0.15, 0.2) is 0 Å². The van der Waals surface area contributed by atoms with Crippen LogP contribution in [0.25, 0.3) is 0 Å². The van der Waals surface area contributed by atoms with Gasteiger partial charge >= 0.3 is 9.28 Å². The lowest BCUT2D eigenvalue weighted by molar-refractivity contribution is 0.275. The van der Waals surface area contributed by atoms with Crippen molar-refractivity contribution in [3.8, 4) is 0 Å². The molecule has 0 unspecified atom stereocenters. The molecular formula is C8H20O2Si. The smallest absolute Gasteiger partial charge is 0.320 e. The van der Waals surface area contributed by atoms with Crippen LogP contribution in [0.2, 0.25) is 6.04 Å². The summed E-state index contributed by atoms with van der Waals surface area (Å²) in [6.07, 6.45) is 2.53. The highest BCUT2D eigenvalue weighted by Crippen LogP contribution is 2.09. The summed E-state index contributed by atoms with van der Waals surface area (Å²) in [6.45, 7) is 4.49. The monoisotopic (exact) mass is 176 g/mol. The highest BCUT2D eigenvalue weighted by molar-refractivity contribution is 6.44. The van der Waals surface area contributed by atoms with Gasteiger partial charge in [-0.15, -0.1) is 0 Å². The van der Waals surface area contributed by atoms with Gasteiger partial charge in [-0.05, 0) is 12.0 Å². The van der Waals surface area contributed by atoms with Gasteiger partial charge in [0, 0.05) is 14.2 Å². The molecule has 0 spiro atoms. The Balaban J connectivity index is 3.21. The minimum atomic E-state index is -1.25. The molecule has 0 saturated heterocycles. The predicted octanol–water partition coefficient (Wildman–Crippen LogP) is 1.94. The zero-order valence-corrected chi connectivity index (χ0v) is 9.25. The van der Waals surface area contributed by atoms with Crippen LogP contribution in [-0.2, 0) is 8.85 Å². The topological polar surface area (TPSA) is 18.5 Å². The predicted molar refractivity (Wildman–Crippen MR) is 50.0 cm³/mol. The number of hydrogen-bond acceptors (Lipinski definition) is 2. The van der Waals surface area contributed by atoms with Crippen molar-refractivity contribution in [1.82, 2.24) is 0 Å². The SMILES string of the molecule is CO[SiH](CCCC(C)C)OC. The molecule has 0 aliphatic heterocycles. The Morgan fingerprint density at radius 1 is 1.18 bits per heavy atom. The fraction of sp³-hybridized carbons (Fsp3) is 1.00. The fourth-order valence-corrected chi connectivity index (χ4v) is 2.26. The van der Waals surface area contributed by atoms with Gasteiger partial charge in [0.05, 0.1) is 0 Å². The van der Waals surface area contributed by atoms with Crippen molar-refractivity contribution in [2.45, 2.75) is 32.7 Å². The Labute approximate surface area is 71.7 Å². The Hall–Kier alpha value is 0.137. The van der Waals surface area contributed by atoms with E-state index in [1.165, 1.54) is 12.8 Å². The quantitative estimate of drug-likeness (QED) is 0.576. The van der Waals surface area contributed by atoms with Crippen LogP contribution in [0.5, 0.6) is 0 Å². The Kier molecular flexibility index (Phi) is 6.91. The van der Waals surface area contributed by atoms with Crippen LogP contribution in [0, 0.1) is 5.92 Å². The molecule has 0 fully saturated rings. The van der Waals surface area contributed by atoms with E-state index in [9.17, 15) is 0 Å². The van der Waals surface area contributed by atoms with E-state index < -0.39 is 9.28 Å². The van der Waals surface area contributed by atoms with Gasteiger partial charge in [-0.3, -0.25) is 0 Å². The molecule has 0 aliphatic rings. The van der Waals surface area contributed by atoms with Crippen molar-refractivity contribution in [3.05, 3.63) is 0 Å². The minimum absolute atomic E-state index is 0.804. The van der Waals surface area contributed by atoms with Gasteiger partial charge in [-0.25, -0.2) is 0 Å². The molecule has 0 radical (unpaired) electrons. The average Bonchev–Trinajstić information content (AvgIpc) is 1.98. The van der Waals surface area contributed by atoms with Gasteiger partial charge in [-0.1, -0.05) is 26.7 Å². The lowest BCUT2D eigenvalue weighted by Crippen LogP contribution is -2.18. The van der Waals surface area contributed by atoms with E-state index >= 15 is 0 Å². The van der Waals surface area contributed by atoms with Crippen LogP contribution in [-0.4, -0.2) is 23.5 Å². The molecule has 68 valence electrons. The summed E-state index contributed by atoms with van der Waals surface area (Å²) in [6, 6.07) is 1.14. The second-order valence-corrected chi connectivity index (χ2v) is 5.60. The van der Waals surface area contributed by atoms with Gasteiger partial charge in [-0.2, -0.15) is 0 Å². The first kappa shape index (κ1) is 11.1. The van der Waals surface area contributed by atoms with Gasteiger partial charge in [0.1, 0.15) is 0 Å². The van der Waals surface area contributed by atoms with Gasteiger partial charge < -0.3 is 8.85 Å². The molecule has 0 rings (SSSR count). The molecule has 0 N–H and O–H groups in total. The molecule has 0 aliphatic carbocycles. The maximum atomic E-state index is 5.20. The first-order chi connectivity index (χ1) is 5.20. The molecule has 0 saturated carbocycles. The first-order valence-corrected chi connectivity index (χ1v) is 6.02. The first-order valence-electron chi connectivity index (χ1n) is 4.26. The van der Waals surface area contributed by atoms with E-state index in [1.54, 1.807) is 14.2 Å². The molecule has 0 aromatic carbocycles. The van der Waals surface area contributed by atoms with E-state index in [4.69, 9.17) is 8.85 Å². The van der Waals surface area contributed by atoms with Crippen molar-refractivity contribution in [2.75, 3.05) is 14.2 Å². The van der Waals surface area contributed by atoms with Crippen molar-refractivity contribution >= 4 is 9.28 Å². The largest absolute Gasteiger partial charge is 0.400 e. The second kappa shape index (κ2) is 6.82. The maximum absolute atomic E-state index is 5.20. The van der Waals surface area contributed by atoms with Crippen LogP contribution in [0.4, 0.5) is 0 Å². The van der Waals surface area contributed by atoms with Crippen LogP contribution in [0.3, 0.4) is 0 Å². The van der Waals surface area contributed by atoms with Gasteiger partial charge in [0.2, 0.25) is 0 Å². The van der Waals surface area contributed by atoms with Crippen LogP contribution in [0.1, 0.15) is 26.7 Å². The summed E-state index contributed by atoms with van der Waals surface area (Å²) in [5.74, 6) is 0.804. The van der Waals surface area contributed by atoms with Crippen molar-refractivity contribution in [1.29, 1.82) is 0 Å². The van der Waals surface area contributed by atoms with Gasteiger partial charge in [0.25, 0.3) is 0 Å². The standard InChI is InChI=1S/C8H20O2Si/c1-8(2)6-5-7-11(9-3)10-4/h8,11H,5-7H2,1-4H3. The lowest BCUT2D eigenvalue weighted by Gasteiger charge is -2.10. The summed E-state index contributed by atoms with van der Waals surface area (Å²) in [4.78, 5) is 0. The Bertz CT molecular complexity index is 82.2. The normalized spacial score (nSPS) is 11.5. The number of rotatable bonds is 6. The third-order valence-corrected chi connectivity index (χ3v) is 3.68. The molecule has 2 nitrogen and oxygen atoms in total. The zero-order chi connectivity index (χ0) is 8.69. The summed E-state index contributed by atoms with van der Waals surface area (Å²) in [5, 5.41) is 0. The molecule has 0 heterocycles. The molecule has 0 aromatic rings. The molecule has 11 heavy (non-hydrogen) atoms. The Morgan fingerprint density at radius 2 is 1.73 bits per heavy atom. The van der Waals surface area contributed by atoms with E-state index in [0.717, 1.165) is 12.0 Å². The van der Waals surface area contributed by atoms with Crippen molar-refractivity contribution in [2.24, 2.45) is 5.92 Å². The third kappa shape index (κ3) is 6.53. The summed E-state index contributed by atoms with van der Waals surface area (Å²) in [7, 11) is 2.24. The number of hydrogen-bond donors (Lipinski definition) is 0. The third-order valence-electron chi connectivity index (χ3n) is 1.75. The van der Waals surface area contributed by atoms with Crippen molar-refractivity contribution < 1.29 is 8.85 Å². The van der Waals surface area contributed by atoms with E-state index in [1.807, 2.05) is 0 Å². The van der Waals surface area contributed by atoms with E-state index in [0.29, 0.717) is 0 Å². The molecular weight excluding hydrogens is 156 g/mol. The molecule has 0 aromatic heterocycles. The van der Waals surface area contributed by atoms with Crippen molar-refractivity contribution in [3.63, 3.8) is 0 Å². The highest BCUT2D eigenvalue weighted by Gasteiger charge is 2.08. The summed E-state index contributed by atoms with van der Waals surface area (Å²) >= 11 is 0. The molecule has 0 amide bonds. The highest BCUT2D eigenvalue weighted by atomic mass is 28.3. The van der Waals surface area contributed by atoms with Crippen LogP contribution >= 0.6 is 0 Å². The average molecular weight is 176 g/mol. The second-order valence-electron chi connectivity index (χ2n) is 3.23. The molecule has 0 atom stereocenters. The molecule has 0 bridgehead atoms. The fourth-order valence-electron chi connectivity index (χ4n) is 1.02. The van der Waals surface area contributed by atoms with Crippen LogP contribution < -0.4 is 0 Å². The Morgan fingerprint density at radius 3 is 2.09 bits per heavy atom. The summed E-state index contributed by atoms with van der Waals surface area (Å²) < 4.78 is 10.4. The lowest BCUT2D eigenvalue weighted by atomic mass is 10.1. The zero-order valence-electron chi connectivity index (χ0n) is 8.09. The maximum Gasteiger partial charge on any atom is 0.320 e. The van der Waals surface area contributed by atoms with E-state index in [-0.39, 0.29) is 0 Å². The van der Waals surface area contributed by atoms with Gasteiger partial charge in [0.15, 0.2) is 0 Å². The summed E-state index contributed by atoms with van der Waals surface area (Å²) in [5.41, 5.74) is 0.